The molecule has 0 N–H and O–H groups in total. The van der Waals surface area contributed by atoms with Gasteiger partial charge >= 0.3 is 0 Å². The molecule has 0 spiro atoms. The van der Waals surface area contributed by atoms with Gasteiger partial charge in [-0.1, -0.05) is 56.3 Å². The fraction of sp³-hybridized carbons (Fsp3) is 0.375. The lowest BCUT2D eigenvalue weighted by Crippen LogP contribution is -1.87. The van der Waals surface area contributed by atoms with Crippen LogP contribution in [0.4, 0.5) is 0 Å². The number of allylic oxidation sites excluding steroid dienone is 4. The molecule has 0 saturated heterocycles. The first-order chi connectivity index (χ1) is 7.79. The van der Waals surface area contributed by atoms with Crippen LogP contribution >= 0.6 is 0 Å². The molecule has 0 bridgehead atoms. The van der Waals surface area contributed by atoms with Crippen molar-refractivity contribution in [3.63, 3.8) is 0 Å². The molecule has 16 heavy (non-hydrogen) atoms. The molecule has 1 aliphatic rings. The van der Waals surface area contributed by atoms with Crippen molar-refractivity contribution >= 4 is 5.57 Å². The van der Waals surface area contributed by atoms with Crippen LogP contribution in [0.2, 0.25) is 0 Å². The van der Waals surface area contributed by atoms with E-state index >= 15 is 0 Å². The standard InChI is InChI=1S/C16H20/c1-3-14-8-11-16(12-9-14)15-6-4-5-13(2)7-10-15/h4,6,8-13H,3,5,7H2,1-2H3. The number of hydrogen-bond donors (Lipinski definition) is 0. The fourth-order valence-corrected chi connectivity index (χ4v) is 2.07. The van der Waals surface area contributed by atoms with Gasteiger partial charge in [-0.2, -0.15) is 0 Å². The number of benzene rings is 1. The molecule has 0 aromatic heterocycles. The highest BCUT2D eigenvalue weighted by atomic mass is 14.1. The normalized spacial score (nSPS) is 20.4. The van der Waals surface area contributed by atoms with Crippen molar-refractivity contribution in [2.75, 3.05) is 0 Å². The molecule has 0 heteroatoms. The summed E-state index contributed by atoms with van der Waals surface area (Å²) in [4.78, 5) is 0. The van der Waals surface area contributed by atoms with E-state index in [9.17, 15) is 0 Å². The third-order valence-corrected chi connectivity index (χ3v) is 3.27. The molecule has 2 rings (SSSR count). The third-order valence-electron chi connectivity index (χ3n) is 3.27. The summed E-state index contributed by atoms with van der Waals surface area (Å²) >= 11 is 0. The zero-order chi connectivity index (χ0) is 11.4. The minimum atomic E-state index is 0.781. The SMILES string of the molecule is CCc1ccc(C2=CCC(C)CC=C2)cc1. The Hall–Kier alpha value is -1.30. The third kappa shape index (κ3) is 2.63. The van der Waals surface area contributed by atoms with Gasteiger partial charge in [-0.3, -0.25) is 0 Å². The zero-order valence-electron chi connectivity index (χ0n) is 10.2. The second-order valence-electron chi connectivity index (χ2n) is 4.69. The van der Waals surface area contributed by atoms with Gasteiger partial charge < -0.3 is 0 Å². The maximum absolute atomic E-state index is 2.37. The number of hydrogen-bond acceptors (Lipinski definition) is 0. The molecule has 1 aliphatic carbocycles. The molecule has 1 atom stereocenters. The summed E-state index contributed by atoms with van der Waals surface area (Å²) in [6.45, 7) is 4.51. The molecule has 0 heterocycles. The van der Waals surface area contributed by atoms with E-state index in [4.69, 9.17) is 0 Å². The molecule has 0 amide bonds. The fourth-order valence-electron chi connectivity index (χ4n) is 2.07. The minimum Gasteiger partial charge on any atom is -0.0837 e. The summed E-state index contributed by atoms with van der Waals surface area (Å²) in [6, 6.07) is 8.95. The molecule has 1 aromatic carbocycles. The van der Waals surface area contributed by atoms with Gasteiger partial charge in [0.05, 0.1) is 0 Å². The van der Waals surface area contributed by atoms with Crippen molar-refractivity contribution in [3.8, 4) is 0 Å². The Bertz CT molecular complexity index is 393. The molecular formula is C16H20. The van der Waals surface area contributed by atoms with Crippen LogP contribution in [0.3, 0.4) is 0 Å². The summed E-state index contributed by atoms with van der Waals surface area (Å²) in [5.41, 5.74) is 4.14. The van der Waals surface area contributed by atoms with Crippen molar-refractivity contribution in [3.05, 3.63) is 53.6 Å². The van der Waals surface area contributed by atoms with Gasteiger partial charge in [-0.15, -0.1) is 0 Å². The van der Waals surface area contributed by atoms with Crippen molar-refractivity contribution in [1.82, 2.24) is 0 Å². The van der Waals surface area contributed by atoms with Crippen LogP contribution in [0.25, 0.3) is 5.57 Å². The van der Waals surface area contributed by atoms with Crippen LogP contribution in [0, 0.1) is 5.92 Å². The highest BCUT2D eigenvalue weighted by Crippen LogP contribution is 2.23. The van der Waals surface area contributed by atoms with Gasteiger partial charge in [0.25, 0.3) is 0 Å². The molecule has 0 fully saturated rings. The smallest absolute Gasteiger partial charge is 0.0187 e. The summed E-state index contributed by atoms with van der Waals surface area (Å²) in [5, 5.41) is 0. The van der Waals surface area contributed by atoms with E-state index < -0.39 is 0 Å². The van der Waals surface area contributed by atoms with Crippen LogP contribution in [-0.4, -0.2) is 0 Å². The lowest BCUT2D eigenvalue weighted by atomic mass is 10.0. The Kier molecular flexibility index (Phi) is 3.61. The lowest BCUT2D eigenvalue weighted by molar-refractivity contribution is 0.607. The molecule has 1 aromatic rings. The highest BCUT2D eigenvalue weighted by Gasteiger charge is 2.04. The summed E-state index contributed by atoms with van der Waals surface area (Å²) in [6.07, 6.45) is 10.5. The van der Waals surface area contributed by atoms with Crippen molar-refractivity contribution < 1.29 is 0 Å². The highest BCUT2D eigenvalue weighted by molar-refractivity contribution is 5.74. The van der Waals surface area contributed by atoms with Crippen LogP contribution in [0.5, 0.6) is 0 Å². The molecule has 0 radical (unpaired) electrons. The average Bonchev–Trinajstić information content (AvgIpc) is 2.54. The largest absolute Gasteiger partial charge is 0.0837 e. The summed E-state index contributed by atoms with van der Waals surface area (Å²) in [7, 11) is 0. The monoisotopic (exact) mass is 212 g/mol. The zero-order valence-corrected chi connectivity index (χ0v) is 10.2. The quantitative estimate of drug-likeness (QED) is 0.671. The molecule has 0 saturated carbocycles. The topological polar surface area (TPSA) is 0 Å². The first-order valence-corrected chi connectivity index (χ1v) is 6.25. The first kappa shape index (κ1) is 11.2. The van der Waals surface area contributed by atoms with E-state index in [1.165, 1.54) is 29.5 Å². The molecule has 84 valence electrons. The Morgan fingerprint density at radius 1 is 1.12 bits per heavy atom. The lowest BCUT2D eigenvalue weighted by Gasteiger charge is -2.04. The van der Waals surface area contributed by atoms with E-state index in [1.807, 2.05) is 0 Å². The van der Waals surface area contributed by atoms with Gasteiger partial charge in [0.2, 0.25) is 0 Å². The van der Waals surface area contributed by atoms with Gasteiger partial charge in [-0.05, 0) is 41.9 Å². The first-order valence-electron chi connectivity index (χ1n) is 6.25. The predicted octanol–water partition coefficient (Wildman–Crippen LogP) is 4.62. The van der Waals surface area contributed by atoms with Crippen molar-refractivity contribution in [1.29, 1.82) is 0 Å². The summed E-state index contributed by atoms with van der Waals surface area (Å²) < 4.78 is 0. The maximum atomic E-state index is 2.37. The van der Waals surface area contributed by atoms with Crippen LogP contribution in [0.15, 0.2) is 42.5 Å². The molecule has 1 unspecified atom stereocenters. The second kappa shape index (κ2) is 5.16. The van der Waals surface area contributed by atoms with Crippen molar-refractivity contribution in [2.24, 2.45) is 5.92 Å². The molecule has 0 nitrogen and oxygen atoms in total. The molecule has 0 aliphatic heterocycles. The van der Waals surface area contributed by atoms with Crippen molar-refractivity contribution in [2.45, 2.75) is 33.1 Å². The van der Waals surface area contributed by atoms with E-state index in [0.29, 0.717) is 0 Å². The van der Waals surface area contributed by atoms with E-state index in [1.54, 1.807) is 0 Å². The van der Waals surface area contributed by atoms with Crippen LogP contribution in [0.1, 0.15) is 37.8 Å². The van der Waals surface area contributed by atoms with Gasteiger partial charge in [0.1, 0.15) is 0 Å². The predicted molar refractivity (Wildman–Crippen MR) is 71.3 cm³/mol. The Labute approximate surface area is 98.7 Å². The van der Waals surface area contributed by atoms with E-state index in [-0.39, 0.29) is 0 Å². The Morgan fingerprint density at radius 2 is 1.88 bits per heavy atom. The average molecular weight is 212 g/mol. The maximum Gasteiger partial charge on any atom is -0.0187 e. The molecular weight excluding hydrogens is 192 g/mol. The van der Waals surface area contributed by atoms with Gasteiger partial charge in [0, 0.05) is 0 Å². The second-order valence-corrected chi connectivity index (χ2v) is 4.69. The van der Waals surface area contributed by atoms with Gasteiger partial charge in [-0.25, -0.2) is 0 Å². The van der Waals surface area contributed by atoms with Crippen LogP contribution in [-0.2, 0) is 6.42 Å². The summed E-state index contributed by atoms with van der Waals surface area (Å²) in [5.74, 6) is 0.781. The van der Waals surface area contributed by atoms with Crippen LogP contribution < -0.4 is 0 Å². The van der Waals surface area contributed by atoms with E-state index in [0.717, 1.165) is 12.3 Å². The Balaban J connectivity index is 2.22. The Morgan fingerprint density at radius 3 is 2.56 bits per heavy atom. The van der Waals surface area contributed by atoms with E-state index in [2.05, 4.69) is 56.3 Å². The number of rotatable bonds is 2. The minimum absolute atomic E-state index is 0.781. The number of aryl methyl sites for hydroxylation is 1. The van der Waals surface area contributed by atoms with Gasteiger partial charge in [0.15, 0.2) is 0 Å².